The number of hydrogen-bond donors (Lipinski definition) is 2. The first-order chi connectivity index (χ1) is 9.19. The van der Waals surface area contributed by atoms with E-state index in [1.54, 1.807) is 25.1 Å². The van der Waals surface area contributed by atoms with Crippen LogP contribution in [-0.2, 0) is 4.79 Å². The zero-order valence-corrected chi connectivity index (χ0v) is 11.1. The molecule has 0 saturated heterocycles. The molecular weight excluding hydrogens is 264 g/mol. The molecule has 0 aliphatic heterocycles. The summed E-state index contributed by atoms with van der Waals surface area (Å²) in [5.41, 5.74) is 0.754. The monoisotopic (exact) mass is 276 g/mol. The summed E-state index contributed by atoms with van der Waals surface area (Å²) >= 11 is 6.03. The third-order valence-electron chi connectivity index (χ3n) is 2.39. The van der Waals surface area contributed by atoms with Crippen LogP contribution in [0.2, 0.25) is 5.02 Å². The van der Waals surface area contributed by atoms with Crippen LogP contribution in [0.4, 0.5) is 17.3 Å². The molecule has 19 heavy (non-hydrogen) atoms. The van der Waals surface area contributed by atoms with Crippen molar-refractivity contribution in [1.29, 1.82) is 0 Å². The quantitative estimate of drug-likeness (QED) is 0.900. The van der Waals surface area contributed by atoms with Crippen LogP contribution in [0.25, 0.3) is 0 Å². The number of nitrogens with one attached hydrogen (secondary N) is 2. The van der Waals surface area contributed by atoms with Gasteiger partial charge in [-0.25, -0.2) is 0 Å². The van der Waals surface area contributed by atoms with Crippen LogP contribution in [0.15, 0.2) is 36.4 Å². The SMILES string of the molecule is CCC(=O)Nc1ccc(Nc2ccccc2Cl)nn1. The zero-order chi connectivity index (χ0) is 13.7. The maximum Gasteiger partial charge on any atom is 0.225 e. The summed E-state index contributed by atoms with van der Waals surface area (Å²) in [6, 6.07) is 10.8. The average molecular weight is 277 g/mol. The predicted octanol–water partition coefficient (Wildman–Crippen LogP) is 3.22. The summed E-state index contributed by atoms with van der Waals surface area (Å²) in [5, 5.41) is 14.2. The summed E-state index contributed by atoms with van der Waals surface area (Å²) in [7, 11) is 0. The van der Waals surface area contributed by atoms with E-state index in [9.17, 15) is 4.79 Å². The van der Waals surface area contributed by atoms with Gasteiger partial charge in [-0.3, -0.25) is 4.79 Å². The fourth-order valence-electron chi connectivity index (χ4n) is 1.40. The van der Waals surface area contributed by atoms with Crippen LogP contribution in [0.5, 0.6) is 0 Å². The van der Waals surface area contributed by atoms with E-state index >= 15 is 0 Å². The van der Waals surface area contributed by atoms with Gasteiger partial charge in [-0.1, -0.05) is 30.7 Å². The molecule has 1 aromatic heterocycles. The van der Waals surface area contributed by atoms with Crippen molar-refractivity contribution in [1.82, 2.24) is 10.2 Å². The van der Waals surface area contributed by atoms with Crippen LogP contribution in [0.3, 0.4) is 0 Å². The van der Waals surface area contributed by atoms with E-state index < -0.39 is 0 Å². The summed E-state index contributed by atoms with van der Waals surface area (Å²) in [6.45, 7) is 1.77. The van der Waals surface area contributed by atoms with Gasteiger partial charge in [0.1, 0.15) is 0 Å². The molecule has 0 radical (unpaired) electrons. The van der Waals surface area contributed by atoms with Crippen molar-refractivity contribution in [2.24, 2.45) is 0 Å². The second-order valence-electron chi connectivity index (χ2n) is 3.81. The molecule has 98 valence electrons. The van der Waals surface area contributed by atoms with Crippen molar-refractivity contribution in [3.8, 4) is 0 Å². The number of aromatic nitrogens is 2. The standard InChI is InChI=1S/C13H13ClN4O/c1-2-13(19)16-12-8-7-11(17-18-12)15-10-6-4-3-5-9(10)14/h3-8H,2H2,1H3,(H,15,17)(H,16,18,19). The lowest BCUT2D eigenvalue weighted by Gasteiger charge is -2.07. The molecule has 1 amide bonds. The van der Waals surface area contributed by atoms with E-state index in [4.69, 9.17) is 11.6 Å². The highest BCUT2D eigenvalue weighted by Crippen LogP contribution is 2.23. The average Bonchev–Trinajstić information content (AvgIpc) is 2.43. The van der Waals surface area contributed by atoms with Gasteiger partial charge < -0.3 is 10.6 Å². The molecule has 5 nitrogen and oxygen atoms in total. The Morgan fingerprint density at radius 2 is 1.84 bits per heavy atom. The van der Waals surface area contributed by atoms with Crippen LogP contribution in [0.1, 0.15) is 13.3 Å². The van der Waals surface area contributed by atoms with Gasteiger partial charge >= 0.3 is 0 Å². The Kier molecular flexibility index (Phi) is 4.30. The van der Waals surface area contributed by atoms with Gasteiger partial charge in [-0.2, -0.15) is 0 Å². The summed E-state index contributed by atoms with van der Waals surface area (Å²) in [6.07, 6.45) is 0.404. The lowest BCUT2D eigenvalue weighted by molar-refractivity contribution is -0.115. The highest BCUT2D eigenvalue weighted by atomic mass is 35.5. The molecule has 1 heterocycles. The Balaban J connectivity index is 2.07. The van der Waals surface area contributed by atoms with Gasteiger partial charge in [-0.05, 0) is 24.3 Å². The topological polar surface area (TPSA) is 66.9 Å². The van der Waals surface area contributed by atoms with Gasteiger partial charge in [0.2, 0.25) is 5.91 Å². The molecule has 0 saturated carbocycles. The van der Waals surface area contributed by atoms with Crippen LogP contribution in [0, 0.1) is 0 Å². The molecular formula is C13H13ClN4O. The maximum atomic E-state index is 11.2. The summed E-state index contributed by atoms with van der Waals surface area (Å²) < 4.78 is 0. The summed E-state index contributed by atoms with van der Waals surface area (Å²) in [5.74, 6) is 0.889. The Morgan fingerprint density at radius 1 is 1.16 bits per heavy atom. The molecule has 0 fully saturated rings. The second-order valence-corrected chi connectivity index (χ2v) is 4.22. The van der Waals surface area contributed by atoms with Crippen molar-refractivity contribution in [2.75, 3.05) is 10.6 Å². The number of hydrogen-bond acceptors (Lipinski definition) is 4. The van der Waals surface area contributed by atoms with E-state index in [1.165, 1.54) is 0 Å². The van der Waals surface area contributed by atoms with Gasteiger partial charge in [0, 0.05) is 6.42 Å². The van der Waals surface area contributed by atoms with Crippen LogP contribution >= 0.6 is 11.6 Å². The van der Waals surface area contributed by atoms with Crippen LogP contribution in [-0.4, -0.2) is 16.1 Å². The second kappa shape index (κ2) is 6.15. The van der Waals surface area contributed by atoms with Crippen molar-refractivity contribution >= 4 is 34.8 Å². The molecule has 0 aliphatic rings. The smallest absolute Gasteiger partial charge is 0.225 e. The van der Waals surface area contributed by atoms with E-state index in [2.05, 4.69) is 20.8 Å². The fourth-order valence-corrected chi connectivity index (χ4v) is 1.58. The number of nitrogens with zero attached hydrogens (tertiary/aromatic N) is 2. The minimum atomic E-state index is -0.0962. The molecule has 0 bridgehead atoms. The third-order valence-corrected chi connectivity index (χ3v) is 2.72. The number of benzene rings is 1. The number of rotatable bonds is 4. The normalized spacial score (nSPS) is 10.0. The lowest BCUT2D eigenvalue weighted by Crippen LogP contribution is -2.11. The molecule has 2 rings (SSSR count). The van der Waals surface area contributed by atoms with Crippen molar-refractivity contribution < 1.29 is 4.79 Å². The number of carbonyl (C=O) groups excluding carboxylic acids is 1. The number of amides is 1. The van der Waals surface area contributed by atoms with Gasteiger partial charge in [0.05, 0.1) is 10.7 Å². The Bertz CT molecular complexity index is 571. The minimum Gasteiger partial charge on any atom is -0.338 e. The van der Waals surface area contributed by atoms with Gasteiger partial charge in [0.15, 0.2) is 11.6 Å². The molecule has 2 aromatic rings. The zero-order valence-electron chi connectivity index (χ0n) is 10.4. The molecule has 1 aromatic carbocycles. The maximum absolute atomic E-state index is 11.2. The molecule has 2 N–H and O–H groups in total. The van der Waals surface area contributed by atoms with E-state index in [-0.39, 0.29) is 5.91 Å². The first-order valence-electron chi connectivity index (χ1n) is 5.84. The largest absolute Gasteiger partial charge is 0.338 e. The highest BCUT2D eigenvalue weighted by Gasteiger charge is 2.03. The Morgan fingerprint density at radius 3 is 2.47 bits per heavy atom. The van der Waals surface area contributed by atoms with Crippen molar-refractivity contribution in [3.05, 3.63) is 41.4 Å². The molecule has 0 atom stereocenters. The molecule has 0 spiro atoms. The third kappa shape index (κ3) is 3.66. The number of para-hydroxylation sites is 1. The molecule has 6 heteroatoms. The molecule has 0 aliphatic carbocycles. The van der Waals surface area contributed by atoms with Crippen molar-refractivity contribution in [2.45, 2.75) is 13.3 Å². The first-order valence-corrected chi connectivity index (χ1v) is 6.22. The van der Waals surface area contributed by atoms with E-state index in [1.807, 2.05) is 18.2 Å². The van der Waals surface area contributed by atoms with Gasteiger partial charge in [-0.15, -0.1) is 10.2 Å². The van der Waals surface area contributed by atoms with Crippen molar-refractivity contribution in [3.63, 3.8) is 0 Å². The van der Waals surface area contributed by atoms with Crippen LogP contribution < -0.4 is 10.6 Å². The number of carbonyl (C=O) groups is 1. The fraction of sp³-hybridized carbons (Fsp3) is 0.154. The number of halogens is 1. The molecule has 0 unspecified atom stereocenters. The van der Waals surface area contributed by atoms with E-state index in [0.29, 0.717) is 23.1 Å². The van der Waals surface area contributed by atoms with E-state index in [0.717, 1.165) is 5.69 Å². The first kappa shape index (κ1) is 13.3. The Labute approximate surface area is 116 Å². The number of anilines is 3. The highest BCUT2D eigenvalue weighted by molar-refractivity contribution is 6.33. The summed E-state index contributed by atoms with van der Waals surface area (Å²) in [4.78, 5) is 11.2. The van der Waals surface area contributed by atoms with Gasteiger partial charge in [0.25, 0.3) is 0 Å². The Hall–Kier alpha value is -2.14. The predicted molar refractivity (Wildman–Crippen MR) is 75.7 cm³/mol. The lowest BCUT2D eigenvalue weighted by atomic mass is 10.3. The minimum absolute atomic E-state index is 0.0962.